The van der Waals surface area contributed by atoms with Gasteiger partial charge in [-0.3, -0.25) is 10.1 Å². The van der Waals surface area contributed by atoms with Gasteiger partial charge in [0.25, 0.3) is 0 Å². The van der Waals surface area contributed by atoms with Gasteiger partial charge in [-0.1, -0.05) is 13.8 Å². The monoisotopic (exact) mass is 267 g/mol. The van der Waals surface area contributed by atoms with Crippen molar-refractivity contribution in [2.24, 2.45) is 5.92 Å². The number of hydrogen-bond donors (Lipinski definition) is 1. The highest BCUT2D eigenvalue weighted by atomic mass is 16.6. The third-order valence-electron chi connectivity index (χ3n) is 2.53. The second-order valence-corrected chi connectivity index (χ2v) is 4.80. The van der Waals surface area contributed by atoms with Crippen LogP contribution in [0, 0.1) is 16.0 Å². The minimum absolute atomic E-state index is 0.00181. The molecule has 0 aromatic heterocycles. The van der Waals surface area contributed by atoms with Crippen LogP contribution in [0.1, 0.15) is 37.6 Å². The largest absolute Gasteiger partial charge is 0.484 e. The van der Waals surface area contributed by atoms with E-state index in [-0.39, 0.29) is 23.1 Å². The average molecular weight is 267 g/mol. The first-order chi connectivity index (χ1) is 8.81. The predicted molar refractivity (Wildman–Crippen MR) is 69.6 cm³/mol. The lowest BCUT2D eigenvalue weighted by Crippen LogP contribution is -2.15. The highest BCUT2D eigenvalue weighted by Crippen LogP contribution is 2.29. The summed E-state index contributed by atoms with van der Waals surface area (Å²) < 4.78 is 5.50. The summed E-state index contributed by atoms with van der Waals surface area (Å²) in [5.74, 6) is -0.758. The fraction of sp³-hybridized carbons (Fsp3) is 0.462. The number of ether oxygens (including phenoxy) is 1. The van der Waals surface area contributed by atoms with Crippen LogP contribution in [0.4, 0.5) is 5.69 Å². The van der Waals surface area contributed by atoms with Crippen molar-refractivity contribution in [2.75, 3.05) is 0 Å². The summed E-state index contributed by atoms with van der Waals surface area (Å²) >= 11 is 0. The van der Waals surface area contributed by atoms with Gasteiger partial charge in [0.15, 0.2) is 5.75 Å². The predicted octanol–water partition coefficient (Wildman–Crippen LogP) is 3.11. The normalized spacial score (nSPS) is 12.2. The van der Waals surface area contributed by atoms with Crippen LogP contribution < -0.4 is 4.74 Å². The van der Waals surface area contributed by atoms with E-state index in [4.69, 9.17) is 9.84 Å². The van der Waals surface area contributed by atoms with Crippen LogP contribution in [-0.4, -0.2) is 22.1 Å². The lowest BCUT2D eigenvalue weighted by molar-refractivity contribution is -0.386. The number of hydrogen-bond acceptors (Lipinski definition) is 4. The van der Waals surface area contributed by atoms with Gasteiger partial charge in [0.2, 0.25) is 0 Å². The van der Waals surface area contributed by atoms with Crippen LogP contribution in [0.3, 0.4) is 0 Å². The van der Waals surface area contributed by atoms with Gasteiger partial charge in [-0.15, -0.1) is 0 Å². The van der Waals surface area contributed by atoms with Gasteiger partial charge in [0.05, 0.1) is 16.6 Å². The molecule has 104 valence electrons. The Morgan fingerprint density at radius 3 is 2.53 bits per heavy atom. The molecule has 0 spiro atoms. The van der Waals surface area contributed by atoms with E-state index in [0.29, 0.717) is 5.92 Å². The molecule has 1 N–H and O–H groups in total. The Balaban J connectivity index is 3.04. The summed E-state index contributed by atoms with van der Waals surface area (Å²) in [7, 11) is 0. The zero-order valence-corrected chi connectivity index (χ0v) is 11.1. The SMILES string of the molecule is CC(C)CC(C)Oc1cc(C(=O)O)ccc1[N+](=O)[O-]. The third kappa shape index (κ3) is 4.24. The van der Waals surface area contributed by atoms with E-state index >= 15 is 0 Å². The Morgan fingerprint density at radius 2 is 2.05 bits per heavy atom. The first kappa shape index (κ1) is 14.9. The van der Waals surface area contributed by atoms with Crippen LogP contribution in [0.25, 0.3) is 0 Å². The van der Waals surface area contributed by atoms with Gasteiger partial charge in [-0.05, 0) is 25.3 Å². The van der Waals surface area contributed by atoms with Gasteiger partial charge in [-0.2, -0.15) is 0 Å². The number of benzene rings is 1. The number of rotatable bonds is 6. The first-order valence-corrected chi connectivity index (χ1v) is 5.99. The zero-order chi connectivity index (χ0) is 14.6. The number of nitrogens with zero attached hydrogens (tertiary/aromatic N) is 1. The quantitative estimate of drug-likeness (QED) is 0.631. The molecule has 1 aromatic carbocycles. The number of aromatic carboxylic acids is 1. The van der Waals surface area contributed by atoms with Crippen molar-refractivity contribution in [3.63, 3.8) is 0 Å². The van der Waals surface area contributed by atoms with Gasteiger partial charge >= 0.3 is 11.7 Å². The third-order valence-corrected chi connectivity index (χ3v) is 2.53. The number of carbonyl (C=O) groups is 1. The van der Waals surface area contributed by atoms with Crippen LogP contribution in [0.2, 0.25) is 0 Å². The van der Waals surface area contributed by atoms with Crippen molar-refractivity contribution in [1.29, 1.82) is 0 Å². The topological polar surface area (TPSA) is 89.7 Å². The summed E-state index contributed by atoms with van der Waals surface area (Å²) in [4.78, 5) is 21.2. The summed E-state index contributed by atoms with van der Waals surface area (Å²) in [6, 6.07) is 3.54. The molecule has 6 heteroatoms. The van der Waals surface area contributed by atoms with E-state index in [0.717, 1.165) is 12.5 Å². The molecule has 0 saturated heterocycles. The molecule has 19 heavy (non-hydrogen) atoms. The minimum Gasteiger partial charge on any atom is -0.484 e. The molecule has 0 amide bonds. The molecule has 1 aromatic rings. The second-order valence-electron chi connectivity index (χ2n) is 4.80. The Kier molecular flexibility index (Phi) is 4.86. The Bertz CT molecular complexity index is 484. The summed E-state index contributed by atoms with van der Waals surface area (Å²) in [5, 5.41) is 19.8. The number of nitro benzene ring substituents is 1. The summed E-state index contributed by atoms with van der Waals surface area (Å²) in [6.45, 7) is 5.83. The smallest absolute Gasteiger partial charge is 0.335 e. The van der Waals surface area contributed by atoms with E-state index in [2.05, 4.69) is 0 Å². The number of carboxylic acids is 1. The van der Waals surface area contributed by atoms with Crippen molar-refractivity contribution in [1.82, 2.24) is 0 Å². The maximum atomic E-state index is 10.9. The first-order valence-electron chi connectivity index (χ1n) is 5.99. The van der Waals surface area contributed by atoms with Crippen molar-refractivity contribution in [2.45, 2.75) is 33.3 Å². The molecule has 1 unspecified atom stereocenters. The lowest BCUT2D eigenvalue weighted by atomic mass is 10.1. The van der Waals surface area contributed by atoms with Gasteiger partial charge < -0.3 is 9.84 Å². The molecule has 0 saturated carbocycles. The molecule has 0 aliphatic heterocycles. The maximum Gasteiger partial charge on any atom is 0.335 e. The molecule has 0 aliphatic carbocycles. The molecule has 0 aliphatic rings. The van der Waals surface area contributed by atoms with Crippen LogP contribution in [0.5, 0.6) is 5.75 Å². The van der Waals surface area contributed by atoms with Gasteiger partial charge in [-0.25, -0.2) is 4.79 Å². The highest BCUT2D eigenvalue weighted by Gasteiger charge is 2.20. The fourth-order valence-electron chi connectivity index (χ4n) is 1.82. The molecular weight excluding hydrogens is 250 g/mol. The molecule has 1 atom stereocenters. The van der Waals surface area contributed by atoms with Crippen molar-refractivity contribution >= 4 is 11.7 Å². The van der Waals surface area contributed by atoms with Crippen molar-refractivity contribution in [3.8, 4) is 5.75 Å². The molecular formula is C13H17NO5. The van der Waals surface area contributed by atoms with Crippen molar-refractivity contribution in [3.05, 3.63) is 33.9 Å². The van der Waals surface area contributed by atoms with E-state index < -0.39 is 10.9 Å². The Labute approximate surface area is 111 Å². The lowest BCUT2D eigenvalue weighted by Gasteiger charge is -2.16. The van der Waals surface area contributed by atoms with Crippen molar-refractivity contribution < 1.29 is 19.6 Å². The maximum absolute atomic E-state index is 10.9. The van der Waals surface area contributed by atoms with E-state index in [9.17, 15) is 14.9 Å². The Morgan fingerprint density at radius 1 is 1.42 bits per heavy atom. The second kappa shape index (κ2) is 6.17. The summed E-state index contributed by atoms with van der Waals surface area (Å²) in [6.07, 6.45) is 0.511. The molecule has 0 heterocycles. The molecule has 0 radical (unpaired) electrons. The standard InChI is InChI=1S/C13H17NO5/c1-8(2)6-9(3)19-12-7-10(13(15)16)4-5-11(12)14(17)18/h4-5,7-9H,6H2,1-3H3,(H,15,16). The van der Waals surface area contributed by atoms with E-state index in [1.807, 2.05) is 13.8 Å². The van der Waals surface area contributed by atoms with E-state index in [1.54, 1.807) is 6.92 Å². The fourth-order valence-corrected chi connectivity index (χ4v) is 1.82. The molecule has 1 rings (SSSR count). The highest BCUT2D eigenvalue weighted by molar-refractivity contribution is 5.88. The number of nitro groups is 1. The zero-order valence-electron chi connectivity index (χ0n) is 11.1. The van der Waals surface area contributed by atoms with Gasteiger partial charge in [0, 0.05) is 12.1 Å². The van der Waals surface area contributed by atoms with E-state index in [1.165, 1.54) is 12.1 Å². The molecule has 0 bridgehead atoms. The minimum atomic E-state index is -1.14. The summed E-state index contributed by atoms with van der Waals surface area (Å²) in [5.41, 5.74) is -0.252. The number of carboxylic acid groups (broad SMARTS) is 1. The van der Waals surface area contributed by atoms with Crippen LogP contribution >= 0.6 is 0 Å². The Hall–Kier alpha value is -2.11. The molecule has 6 nitrogen and oxygen atoms in total. The average Bonchev–Trinajstić information content (AvgIpc) is 2.26. The molecule has 0 fully saturated rings. The van der Waals surface area contributed by atoms with Crippen LogP contribution in [-0.2, 0) is 0 Å². The van der Waals surface area contributed by atoms with Crippen LogP contribution in [0.15, 0.2) is 18.2 Å². The van der Waals surface area contributed by atoms with Gasteiger partial charge in [0.1, 0.15) is 0 Å².